The third-order valence-corrected chi connectivity index (χ3v) is 6.88. The van der Waals surface area contributed by atoms with Gasteiger partial charge >= 0.3 is 0 Å². The van der Waals surface area contributed by atoms with E-state index < -0.39 is 0 Å². The molecule has 0 bridgehead atoms. The minimum atomic E-state index is 0. The molecule has 3 heterocycles. The van der Waals surface area contributed by atoms with E-state index in [1.54, 1.807) is 11.3 Å². The molecule has 2 aromatic heterocycles. The number of hydrogen-bond acceptors (Lipinski definition) is 4. The quantitative estimate of drug-likeness (QED) is 0.255. The summed E-state index contributed by atoms with van der Waals surface area (Å²) in [6, 6.07) is 11.0. The molecule has 0 saturated carbocycles. The molecule has 1 aliphatic heterocycles. The van der Waals surface area contributed by atoms with Gasteiger partial charge < -0.3 is 14.8 Å². The molecule has 1 N–H and O–H groups in total. The van der Waals surface area contributed by atoms with Crippen molar-refractivity contribution in [1.82, 2.24) is 24.8 Å². The lowest BCUT2D eigenvalue weighted by molar-refractivity contribution is 0.189. The van der Waals surface area contributed by atoms with Gasteiger partial charge in [-0.25, -0.2) is 15.0 Å². The molecule has 2 atom stereocenters. The number of nitrogens with one attached hydrogen (secondary N) is 1. The van der Waals surface area contributed by atoms with E-state index in [0.717, 1.165) is 50.6 Å². The van der Waals surface area contributed by atoms with Crippen molar-refractivity contribution in [2.75, 3.05) is 19.6 Å². The van der Waals surface area contributed by atoms with Gasteiger partial charge in [-0.2, -0.15) is 0 Å². The Hall–Kier alpha value is -1.94. The number of piperidine rings is 1. The summed E-state index contributed by atoms with van der Waals surface area (Å²) < 4.78 is 2.24. The number of hydrogen-bond donors (Lipinski definition) is 1. The highest BCUT2D eigenvalue weighted by atomic mass is 127. The van der Waals surface area contributed by atoms with Gasteiger partial charge in [-0.05, 0) is 31.2 Å². The van der Waals surface area contributed by atoms with Crippen molar-refractivity contribution in [3.8, 4) is 0 Å². The summed E-state index contributed by atoms with van der Waals surface area (Å²) in [7, 11) is 0. The maximum atomic E-state index is 4.93. The van der Waals surface area contributed by atoms with Crippen LogP contribution >= 0.6 is 35.3 Å². The topological polar surface area (TPSA) is 58.3 Å². The Balaban J connectivity index is 0.00000289. The van der Waals surface area contributed by atoms with Crippen LogP contribution < -0.4 is 5.32 Å². The fourth-order valence-corrected chi connectivity index (χ4v) is 4.90. The Morgan fingerprint density at radius 1 is 1.25 bits per heavy atom. The zero-order valence-electron chi connectivity index (χ0n) is 18.9. The van der Waals surface area contributed by atoms with Crippen LogP contribution in [0.4, 0.5) is 0 Å². The van der Waals surface area contributed by atoms with Crippen LogP contribution in [0.1, 0.15) is 42.6 Å². The van der Waals surface area contributed by atoms with Crippen molar-refractivity contribution in [3.63, 3.8) is 0 Å². The highest BCUT2D eigenvalue weighted by molar-refractivity contribution is 14.0. The molecule has 1 aromatic carbocycles. The van der Waals surface area contributed by atoms with E-state index >= 15 is 0 Å². The molecule has 32 heavy (non-hydrogen) atoms. The summed E-state index contributed by atoms with van der Waals surface area (Å²) in [4.78, 5) is 16.4. The number of rotatable bonds is 7. The Kier molecular flexibility index (Phi) is 9.52. The molecule has 1 saturated heterocycles. The Morgan fingerprint density at radius 3 is 2.84 bits per heavy atom. The van der Waals surface area contributed by atoms with Gasteiger partial charge in [-0.3, -0.25) is 0 Å². The van der Waals surface area contributed by atoms with Gasteiger partial charge in [0.15, 0.2) is 5.96 Å². The number of aliphatic imine (C=N–C) groups is 1. The molecule has 0 spiro atoms. The SMILES string of the molecule is CCNC(=NCc1csc(CCc2ccccc2)n1)N1CCC(C)C(n2ccnc2)C1.I. The Morgan fingerprint density at radius 2 is 2.09 bits per heavy atom. The summed E-state index contributed by atoms with van der Waals surface area (Å²) in [5.74, 6) is 1.61. The predicted octanol–water partition coefficient (Wildman–Crippen LogP) is 4.79. The average molecular weight is 565 g/mol. The first-order chi connectivity index (χ1) is 15.2. The van der Waals surface area contributed by atoms with Crippen molar-refractivity contribution in [2.24, 2.45) is 10.9 Å². The molecular formula is C24H33IN6S. The molecule has 0 aliphatic carbocycles. The molecule has 172 valence electrons. The van der Waals surface area contributed by atoms with Gasteiger partial charge in [0.2, 0.25) is 0 Å². The maximum Gasteiger partial charge on any atom is 0.194 e. The molecule has 0 radical (unpaired) electrons. The van der Waals surface area contributed by atoms with Crippen molar-refractivity contribution in [3.05, 3.63) is 70.7 Å². The van der Waals surface area contributed by atoms with Gasteiger partial charge in [0.25, 0.3) is 0 Å². The summed E-state index contributed by atoms with van der Waals surface area (Å²) in [6.07, 6.45) is 9.02. The fourth-order valence-electron chi connectivity index (χ4n) is 4.11. The van der Waals surface area contributed by atoms with E-state index in [9.17, 15) is 0 Å². The van der Waals surface area contributed by atoms with Crippen molar-refractivity contribution in [1.29, 1.82) is 0 Å². The normalized spacial score (nSPS) is 18.9. The van der Waals surface area contributed by atoms with Crippen molar-refractivity contribution in [2.45, 2.75) is 45.7 Å². The molecule has 8 heteroatoms. The first-order valence-corrected chi connectivity index (χ1v) is 12.1. The third kappa shape index (κ3) is 6.54. The minimum absolute atomic E-state index is 0. The van der Waals surface area contributed by atoms with E-state index in [0.29, 0.717) is 18.5 Å². The molecule has 0 amide bonds. The van der Waals surface area contributed by atoms with Crippen LogP contribution in [-0.2, 0) is 19.4 Å². The summed E-state index contributed by atoms with van der Waals surface area (Å²) in [5, 5.41) is 6.82. The monoisotopic (exact) mass is 564 g/mol. The number of aryl methyl sites for hydroxylation is 2. The van der Waals surface area contributed by atoms with Crippen molar-refractivity contribution >= 4 is 41.3 Å². The van der Waals surface area contributed by atoms with Crippen LogP contribution in [0.5, 0.6) is 0 Å². The van der Waals surface area contributed by atoms with Crippen LogP contribution in [-0.4, -0.2) is 45.0 Å². The number of imidazole rings is 1. The number of thiazole rings is 1. The summed E-state index contributed by atoms with van der Waals surface area (Å²) in [6.45, 7) is 7.91. The minimum Gasteiger partial charge on any atom is -0.357 e. The largest absolute Gasteiger partial charge is 0.357 e. The number of likely N-dealkylation sites (tertiary alicyclic amines) is 1. The van der Waals surface area contributed by atoms with E-state index in [1.807, 2.05) is 12.5 Å². The van der Waals surface area contributed by atoms with Crippen LogP contribution in [0.25, 0.3) is 0 Å². The highest BCUT2D eigenvalue weighted by Gasteiger charge is 2.28. The van der Waals surface area contributed by atoms with Crippen LogP contribution in [0.15, 0.2) is 59.4 Å². The van der Waals surface area contributed by atoms with Gasteiger partial charge in [-0.1, -0.05) is 37.3 Å². The van der Waals surface area contributed by atoms with Gasteiger partial charge in [-0.15, -0.1) is 35.3 Å². The zero-order valence-corrected chi connectivity index (χ0v) is 22.0. The maximum absolute atomic E-state index is 4.93. The van der Waals surface area contributed by atoms with Crippen molar-refractivity contribution < 1.29 is 0 Å². The second-order valence-electron chi connectivity index (χ2n) is 8.18. The van der Waals surface area contributed by atoms with E-state index in [1.165, 1.54) is 10.6 Å². The number of halogens is 1. The molecule has 1 aliphatic rings. The summed E-state index contributed by atoms with van der Waals surface area (Å²) >= 11 is 1.74. The number of nitrogens with zero attached hydrogens (tertiary/aromatic N) is 5. The molecule has 2 unspecified atom stereocenters. The lowest BCUT2D eigenvalue weighted by Gasteiger charge is -2.39. The molecular weight excluding hydrogens is 531 g/mol. The fraction of sp³-hybridized carbons (Fsp3) is 0.458. The Labute approximate surface area is 212 Å². The number of guanidine groups is 1. The van der Waals surface area contributed by atoms with Gasteiger partial charge in [0.1, 0.15) is 0 Å². The van der Waals surface area contributed by atoms with Crippen LogP contribution in [0.2, 0.25) is 0 Å². The second-order valence-corrected chi connectivity index (χ2v) is 9.12. The molecule has 3 aromatic rings. The van der Waals surface area contributed by atoms with E-state index in [4.69, 9.17) is 9.98 Å². The first-order valence-electron chi connectivity index (χ1n) is 11.2. The van der Waals surface area contributed by atoms with E-state index in [-0.39, 0.29) is 24.0 Å². The van der Waals surface area contributed by atoms with Gasteiger partial charge in [0.05, 0.1) is 29.6 Å². The first kappa shape index (κ1) is 24.7. The van der Waals surface area contributed by atoms with Crippen LogP contribution in [0.3, 0.4) is 0 Å². The zero-order chi connectivity index (χ0) is 21.5. The molecule has 1 fully saturated rings. The van der Waals surface area contributed by atoms with E-state index in [2.05, 4.69) is 75.5 Å². The standard InChI is InChI=1S/C24H32N6S.HI/c1-3-26-24(29-13-11-19(2)22(16-29)30-14-12-25-18-30)27-15-21-17-31-23(28-21)10-9-20-7-5-4-6-8-20;/h4-8,12,14,17-19,22H,3,9-11,13,15-16H2,1-2H3,(H,26,27);1H. The molecule has 6 nitrogen and oxygen atoms in total. The summed E-state index contributed by atoms with van der Waals surface area (Å²) in [5.41, 5.74) is 2.42. The highest BCUT2D eigenvalue weighted by Crippen LogP contribution is 2.27. The molecule has 4 rings (SSSR count). The second kappa shape index (κ2) is 12.3. The third-order valence-electron chi connectivity index (χ3n) is 5.92. The number of aromatic nitrogens is 3. The smallest absolute Gasteiger partial charge is 0.194 e. The lowest BCUT2D eigenvalue weighted by atomic mass is 9.93. The predicted molar refractivity (Wildman–Crippen MR) is 143 cm³/mol. The van der Waals surface area contributed by atoms with Crippen LogP contribution in [0, 0.1) is 5.92 Å². The van der Waals surface area contributed by atoms with Gasteiger partial charge in [0, 0.05) is 43.8 Å². The lowest BCUT2D eigenvalue weighted by Crippen LogP contribution is -2.49. The number of benzene rings is 1. The average Bonchev–Trinajstić information content (AvgIpc) is 3.49. The Bertz CT molecular complexity index is 956.